The van der Waals surface area contributed by atoms with Gasteiger partial charge in [-0.15, -0.1) is 0 Å². The Morgan fingerprint density at radius 2 is 1.96 bits per heavy atom. The average Bonchev–Trinajstić information content (AvgIpc) is 2.87. The monoisotopic (exact) mass is 332 g/mol. The number of hydrogen-bond donors (Lipinski definition) is 1. The fourth-order valence-electron chi connectivity index (χ4n) is 3.85. The van der Waals surface area contributed by atoms with Gasteiger partial charge >= 0.3 is 0 Å². The van der Waals surface area contributed by atoms with E-state index >= 15 is 0 Å². The average molecular weight is 332 g/mol. The van der Waals surface area contributed by atoms with Crippen LogP contribution >= 0.6 is 0 Å². The van der Waals surface area contributed by atoms with Gasteiger partial charge in [-0.25, -0.2) is 4.98 Å². The lowest BCUT2D eigenvalue weighted by molar-refractivity contribution is -0.127. The standard InChI is InChI=1S/C18H28N4O2/c1-24-16-6-4-2-3-5-15(16)21-18(23)14-7-11-22(12-8-14)17-13-19-9-10-20-17/h9-10,13-16H,2-8,11-12H2,1H3,(H,21,23). The Morgan fingerprint density at radius 1 is 1.17 bits per heavy atom. The lowest BCUT2D eigenvalue weighted by Crippen LogP contribution is -2.48. The molecule has 24 heavy (non-hydrogen) atoms. The van der Waals surface area contributed by atoms with Gasteiger partial charge in [-0.2, -0.15) is 0 Å². The van der Waals surface area contributed by atoms with E-state index in [9.17, 15) is 4.79 Å². The van der Waals surface area contributed by atoms with E-state index in [1.54, 1.807) is 25.7 Å². The first-order chi connectivity index (χ1) is 11.8. The zero-order valence-electron chi connectivity index (χ0n) is 14.5. The molecule has 0 radical (unpaired) electrons. The molecule has 0 bridgehead atoms. The quantitative estimate of drug-likeness (QED) is 0.856. The summed E-state index contributed by atoms with van der Waals surface area (Å²) in [6, 6.07) is 0.169. The first kappa shape index (κ1) is 17.1. The van der Waals surface area contributed by atoms with Crippen molar-refractivity contribution in [2.24, 2.45) is 5.92 Å². The van der Waals surface area contributed by atoms with Crippen LogP contribution in [0.15, 0.2) is 18.6 Å². The Labute approximate surface area is 144 Å². The van der Waals surface area contributed by atoms with Gasteiger partial charge in [0, 0.05) is 38.5 Å². The van der Waals surface area contributed by atoms with Crippen LogP contribution < -0.4 is 10.2 Å². The first-order valence-corrected chi connectivity index (χ1v) is 9.12. The Bertz CT molecular complexity index is 517. The molecule has 6 nitrogen and oxygen atoms in total. The van der Waals surface area contributed by atoms with Gasteiger partial charge < -0.3 is 15.0 Å². The minimum Gasteiger partial charge on any atom is -0.379 e. The van der Waals surface area contributed by atoms with Crippen LogP contribution in [0, 0.1) is 5.92 Å². The molecule has 2 heterocycles. The fraction of sp³-hybridized carbons (Fsp3) is 0.722. The zero-order valence-corrected chi connectivity index (χ0v) is 14.5. The molecule has 0 aromatic carbocycles. The van der Waals surface area contributed by atoms with Crippen molar-refractivity contribution < 1.29 is 9.53 Å². The second-order valence-electron chi connectivity index (χ2n) is 6.85. The van der Waals surface area contributed by atoms with Gasteiger partial charge in [0.1, 0.15) is 5.82 Å². The molecule has 1 aliphatic carbocycles. The van der Waals surface area contributed by atoms with E-state index in [-0.39, 0.29) is 24.0 Å². The van der Waals surface area contributed by atoms with Crippen molar-refractivity contribution in [1.82, 2.24) is 15.3 Å². The van der Waals surface area contributed by atoms with E-state index in [1.165, 1.54) is 19.3 Å². The van der Waals surface area contributed by atoms with Crippen LogP contribution in [0.2, 0.25) is 0 Å². The van der Waals surface area contributed by atoms with Gasteiger partial charge in [-0.1, -0.05) is 19.3 Å². The van der Waals surface area contributed by atoms with Crippen LogP contribution in [0.1, 0.15) is 44.9 Å². The van der Waals surface area contributed by atoms with Crippen LogP contribution in [-0.2, 0) is 9.53 Å². The Balaban J connectivity index is 1.51. The maximum Gasteiger partial charge on any atom is 0.223 e. The summed E-state index contributed by atoms with van der Waals surface area (Å²) in [7, 11) is 1.76. The third kappa shape index (κ3) is 4.23. The van der Waals surface area contributed by atoms with E-state index < -0.39 is 0 Å². The molecule has 2 aliphatic rings. The van der Waals surface area contributed by atoms with Crippen LogP contribution in [0.4, 0.5) is 5.82 Å². The summed E-state index contributed by atoms with van der Waals surface area (Å²) in [4.78, 5) is 23.3. The Hall–Kier alpha value is -1.69. The molecule has 132 valence electrons. The summed E-state index contributed by atoms with van der Waals surface area (Å²) in [6.45, 7) is 1.71. The molecule has 2 fully saturated rings. The number of hydrogen-bond acceptors (Lipinski definition) is 5. The number of rotatable bonds is 4. The summed E-state index contributed by atoms with van der Waals surface area (Å²) < 4.78 is 5.61. The third-order valence-corrected chi connectivity index (χ3v) is 5.32. The van der Waals surface area contributed by atoms with Gasteiger partial charge in [0.15, 0.2) is 0 Å². The van der Waals surface area contributed by atoms with E-state index in [0.717, 1.165) is 44.6 Å². The van der Waals surface area contributed by atoms with Crippen molar-refractivity contribution in [1.29, 1.82) is 0 Å². The van der Waals surface area contributed by atoms with Crippen molar-refractivity contribution >= 4 is 11.7 Å². The molecule has 2 unspecified atom stereocenters. The number of nitrogens with zero attached hydrogens (tertiary/aromatic N) is 3. The molecule has 1 saturated heterocycles. The number of aromatic nitrogens is 2. The fourth-order valence-corrected chi connectivity index (χ4v) is 3.85. The van der Waals surface area contributed by atoms with Gasteiger partial charge in [0.25, 0.3) is 0 Å². The Morgan fingerprint density at radius 3 is 2.67 bits per heavy atom. The summed E-state index contributed by atoms with van der Waals surface area (Å²) in [5.41, 5.74) is 0. The van der Waals surface area contributed by atoms with Crippen molar-refractivity contribution in [2.45, 2.75) is 57.1 Å². The molecule has 1 aromatic rings. The van der Waals surface area contributed by atoms with Crippen LogP contribution in [0.25, 0.3) is 0 Å². The summed E-state index contributed by atoms with van der Waals surface area (Å²) in [6.07, 6.45) is 12.8. The summed E-state index contributed by atoms with van der Waals surface area (Å²) in [5.74, 6) is 1.20. The van der Waals surface area contributed by atoms with Crippen molar-refractivity contribution in [3.8, 4) is 0 Å². The summed E-state index contributed by atoms with van der Waals surface area (Å²) in [5, 5.41) is 3.27. The van der Waals surface area contributed by atoms with E-state index in [0.29, 0.717) is 0 Å². The zero-order chi connectivity index (χ0) is 16.8. The van der Waals surface area contributed by atoms with Gasteiger partial charge in [-0.05, 0) is 25.7 Å². The van der Waals surface area contributed by atoms with Gasteiger partial charge in [0.2, 0.25) is 5.91 Å². The van der Waals surface area contributed by atoms with E-state index in [4.69, 9.17) is 4.74 Å². The predicted molar refractivity (Wildman–Crippen MR) is 92.8 cm³/mol. The number of carbonyl (C=O) groups is 1. The number of methoxy groups -OCH3 is 1. The lowest BCUT2D eigenvalue weighted by atomic mass is 9.94. The highest BCUT2D eigenvalue weighted by Crippen LogP contribution is 2.24. The second kappa shape index (κ2) is 8.42. The Kier molecular flexibility index (Phi) is 6.01. The molecule has 1 saturated carbocycles. The SMILES string of the molecule is COC1CCCCCC1NC(=O)C1CCN(c2cnccn2)CC1. The molecule has 1 aromatic heterocycles. The van der Waals surface area contributed by atoms with Crippen molar-refractivity contribution in [3.63, 3.8) is 0 Å². The molecule has 3 rings (SSSR count). The minimum atomic E-state index is 0.0960. The largest absolute Gasteiger partial charge is 0.379 e. The van der Waals surface area contributed by atoms with E-state index in [1.807, 2.05) is 0 Å². The number of amides is 1. The lowest BCUT2D eigenvalue weighted by Gasteiger charge is -2.33. The maximum absolute atomic E-state index is 12.7. The topological polar surface area (TPSA) is 67.3 Å². The van der Waals surface area contributed by atoms with Crippen LogP contribution in [0.3, 0.4) is 0 Å². The number of nitrogens with one attached hydrogen (secondary N) is 1. The minimum absolute atomic E-state index is 0.0960. The number of piperidine rings is 1. The van der Waals surface area contributed by atoms with E-state index in [2.05, 4.69) is 20.2 Å². The highest BCUT2D eigenvalue weighted by Gasteiger charge is 2.30. The number of ether oxygens (including phenoxy) is 1. The number of anilines is 1. The molecule has 0 spiro atoms. The predicted octanol–water partition coefficient (Wildman–Crippen LogP) is 2.16. The van der Waals surface area contributed by atoms with Crippen LogP contribution in [0.5, 0.6) is 0 Å². The molecule has 2 atom stereocenters. The van der Waals surface area contributed by atoms with Crippen molar-refractivity contribution in [2.75, 3.05) is 25.1 Å². The normalized spacial score (nSPS) is 26.0. The van der Waals surface area contributed by atoms with Crippen LogP contribution in [-0.4, -0.2) is 48.2 Å². The highest BCUT2D eigenvalue weighted by molar-refractivity contribution is 5.79. The first-order valence-electron chi connectivity index (χ1n) is 9.12. The highest BCUT2D eigenvalue weighted by atomic mass is 16.5. The molecule has 1 aliphatic heterocycles. The maximum atomic E-state index is 12.7. The van der Waals surface area contributed by atoms with Gasteiger partial charge in [-0.3, -0.25) is 9.78 Å². The van der Waals surface area contributed by atoms with Crippen molar-refractivity contribution in [3.05, 3.63) is 18.6 Å². The molecule has 6 heteroatoms. The second-order valence-corrected chi connectivity index (χ2v) is 6.85. The summed E-state index contributed by atoms with van der Waals surface area (Å²) >= 11 is 0. The molecular weight excluding hydrogens is 304 g/mol. The third-order valence-electron chi connectivity index (χ3n) is 5.32. The number of carbonyl (C=O) groups excluding carboxylic acids is 1. The molecule has 1 N–H and O–H groups in total. The molecular formula is C18H28N4O2. The molecule has 1 amide bonds. The van der Waals surface area contributed by atoms with Gasteiger partial charge in [0.05, 0.1) is 18.3 Å². The smallest absolute Gasteiger partial charge is 0.223 e.